The van der Waals surface area contributed by atoms with Crippen LogP contribution in [0.4, 0.5) is 0 Å². The molecule has 0 atom stereocenters. The summed E-state index contributed by atoms with van der Waals surface area (Å²) in [5.41, 5.74) is 0. The van der Waals surface area contributed by atoms with Crippen molar-refractivity contribution < 1.29 is 24.3 Å². The SMILES string of the molecule is C=CC(=O)NCOCP(=O)(CO)CO. The third-order valence-electron chi connectivity index (χ3n) is 1.38. The molecule has 7 heteroatoms. The van der Waals surface area contributed by atoms with Crippen LogP contribution in [0.1, 0.15) is 0 Å². The Balaban J connectivity index is 3.68. The van der Waals surface area contributed by atoms with Crippen molar-refractivity contribution in [3.8, 4) is 0 Å². The van der Waals surface area contributed by atoms with Gasteiger partial charge in [0.05, 0.1) is 0 Å². The molecule has 0 saturated heterocycles. The van der Waals surface area contributed by atoms with Crippen LogP contribution in [0.2, 0.25) is 0 Å². The van der Waals surface area contributed by atoms with Crippen LogP contribution in [0.15, 0.2) is 12.7 Å². The number of aliphatic hydroxyl groups is 2. The molecule has 0 rings (SSSR count). The van der Waals surface area contributed by atoms with Crippen LogP contribution in [0.3, 0.4) is 0 Å². The van der Waals surface area contributed by atoms with Crippen molar-refractivity contribution in [1.82, 2.24) is 5.32 Å². The molecule has 0 aliphatic heterocycles. The normalized spacial score (nSPS) is 11.0. The first-order valence-electron chi connectivity index (χ1n) is 3.85. The van der Waals surface area contributed by atoms with Crippen LogP contribution in [0, 0.1) is 0 Å². The van der Waals surface area contributed by atoms with Gasteiger partial charge in [-0.05, 0) is 6.08 Å². The monoisotopic (exact) mass is 223 g/mol. The van der Waals surface area contributed by atoms with E-state index in [1.54, 1.807) is 0 Å². The second-order valence-electron chi connectivity index (χ2n) is 2.56. The van der Waals surface area contributed by atoms with E-state index in [0.717, 1.165) is 6.08 Å². The summed E-state index contributed by atoms with van der Waals surface area (Å²) in [6.07, 6.45) is -0.420. The number of aliphatic hydroxyl groups excluding tert-OH is 2. The quantitative estimate of drug-likeness (QED) is 0.233. The second kappa shape index (κ2) is 6.73. The number of carbonyl (C=O) groups is 1. The van der Waals surface area contributed by atoms with Crippen LogP contribution >= 0.6 is 7.14 Å². The van der Waals surface area contributed by atoms with Crippen molar-refractivity contribution in [2.45, 2.75) is 0 Å². The molecule has 82 valence electrons. The van der Waals surface area contributed by atoms with Crippen LogP contribution in [0.5, 0.6) is 0 Å². The largest absolute Gasteiger partial charge is 0.388 e. The molecule has 0 unspecified atom stereocenters. The topological polar surface area (TPSA) is 95.9 Å². The highest BCUT2D eigenvalue weighted by Crippen LogP contribution is 2.42. The lowest BCUT2D eigenvalue weighted by molar-refractivity contribution is -0.117. The average Bonchev–Trinajstić information content (AvgIpc) is 2.23. The fourth-order valence-electron chi connectivity index (χ4n) is 0.533. The average molecular weight is 223 g/mol. The first-order chi connectivity index (χ1) is 6.58. The minimum Gasteiger partial charge on any atom is -0.388 e. The predicted molar refractivity (Wildman–Crippen MR) is 50.9 cm³/mol. The van der Waals surface area contributed by atoms with E-state index in [0.29, 0.717) is 0 Å². The molecule has 0 aliphatic rings. The maximum Gasteiger partial charge on any atom is 0.245 e. The fourth-order valence-corrected chi connectivity index (χ4v) is 1.21. The summed E-state index contributed by atoms with van der Waals surface area (Å²) < 4.78 is 16.1. The molecule has 0 radical (unpaired) electrons. The van der Waals surface area contributed by atoms with E-state index in [-0.39, 0.29) is 13.1 Å². The Morgan fingerprint density at radius 3 is 2.50 bits per heavy atom. The summed E-state index contributed by atoms with van der Waals surface area (Å²) in [5.74, 6) is -0.409. The first kappa shape index (κ1) is 13.3. The minimum absolute atomic E-state index is 0.130. The van der Waals surface area contributed by atoms with Gasteiger partial charge in [-0.25, -0.2) is 0 Å². The van der Waals surface area contributed by atoms with Gasteiger partial charge in [-0.2, -0.15) is 0 Å². The van der Waals surface area contributed by atoms with Crippen LogP contribution < -0.4 is 5.32 Å². The van der Waals surface area contributed by atoms with Gasteiger partial charge in [0.25, 0.3) is 0 Å². The van der Waals surface area contributed by atoms with Crippen molar-refractivity contribution in [3.05, 3.63) is 12.7 Å². The summed E-state index contributed by atoms with van der Waals surface area (Å²) in [6, 6.07) is 0. The van der Waals surface area contributed by atoms with Gasteiger partial charge in [0.1, 0.15) is 25.8 Å². The third kappa shape index (κ3) is 5.14. The highest BCUT2D eigenvalue weighted by molar-refractivity contribution is 7.63. The molecule has 1 amide bonds. The van der Waals surface area contributed by atoms with Crippen LogP contribution in [0.25, 0.3) is 0 Å². The van der Waals surface area contributed by atoms with Crippen molar-refractivity contribution in [3.63, 3.8) is 0 Å². The Morgan fingerprint density at radius 2 is 2.07 bits per heavy atom. The van der Waals surface area contributed by atoms with Gasteiger partial charge < -0.3 is 24.8 Å². The van der Waals surface area contributed by atoms with Crippen molar-refractivity contribution in [1.29, 1.82) is 0 Å². The smallest absolute Gasteiger partial charge is 0.245 e. The van der Waals surface area contributed by atoms with Crippen molar-refractivity contribution >= 4 is 13.0 Å². The lowest BCUT2D eigenvalue weighted by atomic mass is 10.6. The molecule has 3 N–H and O–H groups in total. The highest BCUT2D eigenvalue weighted by Gasteiger charge is 2.19. The zero-order valence-corrected chi connectivity index (χ0v) is 8.57. The van der Waals surface area contributed by atoms with Crippen LogP contribution in [-0.4, -0.2) is 41.9 Å². The molecule has 0 aromatic rings. The molecule has 0 saturated carbocycles. The Kier molecular flexibility index (Phi) is 6.40. The molecule has 0 bridgehead atoms. The standard InChI is InChI=1S/C7H14NO5P/c1-2-7(11)8-3-13-6-14(12,4-9)5-10/h2,9-10H,1,3-6H2,(H,8,11). The maximum atomic E-state index is 11.3. The van der Waals surface area contributed by atoms with E-state index in [9.17, 15) is 9.36 Å². The number of amides is 1. The Hall–Kier alpha value is -0.680. The van der Waals surface area contributed by atoms with Gasteiger partial charge in [-0.1, -0.05) is 6.58 Å². The maximum absolute atomic E-state index is 11.3. The fraction of sp³-hybridized carbons (Fsp3) is 0.571. The number of carbonyl (C=O) groups excluding carboxylic acids is 1. The Labute approximate surface area is 81.9 Å². The minimum atomic E-state index is -3.04. The molecule has 14 heavy (non-hydrogen) atoms. The summed E-state index contributed by atoms with van der Waals surface area (Å²) >= 11 is 0. The second-order valence-corrected chi connectivity index (χ2v) is 5.50. The molecule has 0 aliphatic carbocycles. The van der Waals surface area contributed by atoms with E-state index in [1.807, 2.05) is 0 Å². The molecule has 6 nitrogen and oxygen atoms in total. The van der Waals surface area contributed by atoms with Crippen LogP contribution in [-0.2, 0) is 14.1 Å². The number of hydrogen-bond donors (Lipinski definition) is 3. The van der Waals surface area contributed by atoms with E-state index in [4.69, 9.17) is 14.9 Å². The lowest BCUT2D eigenvalue weighted by Gasteiger charge is -2.12. The molecular formula is C7H14NO5P. The van der Waals surface area contributed by atoms with Gasteiger partial charge in [0.2, 0.25) is 5.91 Å². The number of rotatable bonds is 7. The molecule has 0 fully saturated rings. The summed E-state index contributed by atoms with van der Waals surface area (Å²) in [4.78, 5) is 10.6. The Morgan fingerprint density at radius 1 is 1.50 bits per heavy atom. The molecule has 0 aromatic heterocycles. The molecule has 0 spiro atoms. The number of ether oxygens (including phenoxy) is 1. The highest BCUT2D eigenvalue weighted by atomic mass is 31.2. The van der Waals surface area contributed by atoms with Gasteiger partial charge in [0, 0.05) is 0 Å². The number of nitrogens with one attached hydrogen (secondary N) is 1. The van der Waals surface area contributed by atoms with Crippen molar-refractivity contribution in [2.24, 2.45) is 0 Å². The van der Waals surface area contributed by atoms with Gasteiger partial charge in [-0.3, -0.25) is 4.79 Å². The Bertz CT molecular complexity index is 234. The zero-order valence-electron chi connectivity index (χ0n) is 7.68. The van der Waals surface area contributed by atoms with Gasteiger partial charge >= 0.3 is 0 Å². The lowest BCUT2D eigenvalue weighted by Crippen LogP contribution is -2.24. The molecular weight excluding hydrogens is 209 g/mol. The summed E-state index contributed by atoms with van der Waals surface area (Å²) in [7, 11) is -3.04. The van der Waals surface area contributed by atoms with Gasteiger partial charge in [-0.15, -0.1) is 0 Å². The van der Waals surface area contributed by atoms with E-state index in [1.165, 1.54) is 0 Å². The summed E-state index contributed by atoms with van der Waals surface area (Å²) in [6.45, 7) is 3.09. The van der Waals surface area contributed by atoms with E-state index < -0.39 is 25.7 Å². The summed E-state index contributed by atoms with van der Waals surface area (Å²) in [5, 5.41) is 19.6. The molecule has 0 heterocycles. The zero-order chi connectivity index (χ0) is 11.0. The predicted octanol–water partition coefficient (Wildman–Crippen LogP) is -0.517. The third-order valence-corrected chi connectivity index (χ3v) is 3.06. The first-order valence-corrected chi connectivity index (χ1v) is 6.11. The van der Waals surface area contributed by atoms with Gasteiger partial charge in [0.15, 0.2) is 7.14 Å². The van der Waals surface area contributed by atoms with E-state index in [2.05, 4.69) is 11.9 Å². The number of hydrogen-bond acceptors (Lipinski definition) is 5. The van der Waals surface area contributed by atoms with Crippen molar-refractivity contribution in [2.75, 3.05) is 25.8 Å². The molecule has 0 aromatic carbocycles. The van der Waals surface area contributed by atoms with E-state index >= 15 is 0 Å².